The van der Waals surface area contributed by atoms with Gasteiger partial charge in [-0.2, -0.15) is 0 Å². The summed E-state index contributed by atoms with van der Waals surface area (Å²) >= 11 is 5.93. The molecule has 172 valence electrons. The van der Waals surface area contributed by atoms with Crippen LogP contribution < -0.4 is 24.4 Å². The molecule has 1 atom stereocenters. The van der Waals surface area contributed by atoms with Crippen molar-refractivity contribution in [1.82, 2.24) is 5.32 Å². The Morgan fingerprint density at radius 3 is 2.19 bits per heavy atom. The highest BCUT2D eigenvalue weighted by atomic mass is 35.5. The number of benzene rings is 2. The van der Waals surface area contributed by atoms with Crippen LogP contribution in [0.4, 0.5) is 5.69 Å². The van der Waals surface area contributed by atoms with Crippen LogP contribution in [0.25, 0.3) is 0 Å². The first kappa shape index (κ1) is 23.7. The largest absolute Gasteiger partial charge is 0.490 e. The van der Waals surface area contributed by atoms with Crippen molar-refractivity contribution in [2.24, 2.45) is 5.92 Å². The van der Waals surface area contributed by atoms with Crippen molar-refractivity contribution in [3.63, 3.8) is 0 Å². The normalized spacial score (nSPS) is 15.6. The SMILES string of the molecule is CCOc1cc(CNC(=O)[C@H]2CCN(c3ccc(Cl)cc3)C2=O)cc(OCC)c1OCC. The molecule has 3 rings (SSSR count). The number of carbonyl (C=O) groups excluding carboxylic acids is 2. The zero-order chi connectivity index (χ0) is 23.1. The molecule has 0 bridgehead atoms. The first-order valence-corrected chi connectivity index (χ1v) is 11.3. The second kappa shape index (κ2) is 11.1. The fourth-order valence-corrected chi connectivity index (χ4v) is 3.78. The van der Waals surface area contributed by atoms with Crippen LogP contribution in [0, 0.1) is 5.92 Å². The van der Waals surface area contributed by atoms with Crippen molar-refractivity contribution in [2.75, 3.05) is 31.3 Å². The Hall–Kier alpha value is -2.93. The highest BCUT2D eigenvalue weighted by Crippen LogP contribution is 2.39. The minimum atomic E-state index is -0.717. The maximum atomic E-state index is 12.8. The number of hydrogen-bond donors (Lipinski definition) is 1. The van der Waals surface area contributed by atoms with Crippen LogP contribution in [-0.4, -0.2) is 38.2 Å². The summed E-state index contributed by atoms with van der Waals surface area (Å²) in [5.41, 5.74) is 1.54. The van der Waals surface area contributed by atoms with Crippen molar-refractivity contribution in [2.45, 2.75) is 33.7 Å². The van der Waals surface area contributed by atoms with E-state index in [1.807, 2.05) is 32.9 Å². The molecule has 32 heavy (non-hydrogen) atoms. The number of nitrogens with one attached hydrogen (secondary N) is 1. The second-order valence-electron chi connectivity index (χ2n) is 7.25. The number of rotatable bonds is 10. The monoisotopic (exact) mass is 460 g/mol. The van der Waals surface area contributed by atoms with E-state index in [1.165, 1.54) is 0 Å². The van der Waals surface area contributed by atoms with Gasteiger partial charge in [0, 0.05) is 23.8 Å². The van der Waals surface area contributed by atoms with Gasteiger partial charge in [0.05, 0.1) is 19.8 Å². The van der Waals surface area contributed by atoms with Crippen molar-refractivity contribution >= 4 is 29.1 Å². The minimum Gasteiger partial charge on any atom is -0.490 e. The molecular formula is C24H29ClN2O5. The zero-order valence-corrected chi connectivity index (χ0v) is 19.4. The van der Waals surface area contributed by atoms with Gasteiger partial charge in [-0.25, -0.2) is 0 Å². The molecule has 0 aromatic heterocycles. The average Bonchev–Trinajstić information content (AvgIpc) is 3.16. The first-order chi connectivity index (χ1) is 15.5. The highest BCUT2D eigenvalue weighted by molar-refractivity contribution is 6.30. The maximum absolute atomic E-state index is 12.8. The number of amides is 2. The third kappa shape index (κ3) is 5.46. The number of anilines is 1. The van der Waals surface area contributed by atoms with Crippen LogP contribution in [-0.2, 0) is 16.1 Å². The zero-order valence-electron chi connectivity index (χ0n) is 18.7. The minimum absolute atomic E-state index is 0.207. The van der Waals surface area contributed by atoms with Crippen molar-refractivity contribution in [1.29, 1.82) is 0 Å². The number of halogens is 1. The maximum Gasteiger partial charge on any atom is 0.239 e. The second-order valence-corrected chi connectivity index (χ2v) is 7.68. The molecule has 7 nitrogen and oxygen atoms in total. The summed E-state index contributed by atoms with van der Waals surface area (Å²) in [5, 5.41) is 3.48. The standard InChI is InChI=1S/C24H29ClN2O5/c1-4-30-20-13-16(14-21(31-5-2)22(20)32-6-3)15-26-23(28)19-11-12-27(24(19)29)18-9-7-17(25)8-10-18/h7-10,13-14,19H,4-6,11-12,15H2,1-3H3,(H,26,28)/t19-/m1/s1. The summed E-state index contributed by atoms with van der Waals surface area (Å²) in [6.45, 7) is 7.83. The van der Waals surface area contributed by atoms with Crippen LogP contribution >= 0.6 is 11.6 Å². The van der Waals surface area contributed by atoms with Gasteiger partial charge in [-0.3, -0.25) is 9.59 Å². The number of carbonyl (C=O) groups is 2. The molecule has 1 aliphatic rings. The van der Waals surface area contributed by atoms with Crippen molar-refractivity contribution in [3.05, 3.63) is 47.0 Å². The Balaban J connectivity index is 1.70. The molecule has 0 saturated carbocycles. The molecule has 1 fully saturated rings. The summed E-state index contributed by atoms with van der Waals surface area (Å²) in [6.07, 6.45) is 0.463. The van der Waals surface area contributed by atoms with Gasteiger partial charge in [0.2, 0.25) is 17.6 Å². The van der Waals surface area contributed by atoms with Gasteiger partial charge in [-0.15, -0.1) is 0 Å². The summed E-state index contributed by atoms with van der Waals surface area (Å²) in [6, 6.07) is 10.7. The quantitative estimate of drug-likeness (QED) is 0.537. The van der Waals surface area contributed by atoms with Crippen molar-refractivity contribution < 1.29 is 23.8 Å². The van der Waals surface area contributed by atoms with Gasteiger partial charge >= 0.3 is 0 Å². The first-order valence-electron chi connectivity index (χ1n) is 10.9. The predicted molar refractivity (Wildman–Crippen MR) is 124 cm³/mol. The van der Waals surface area contributed by atoms with Gasteiger partial charge in [-0.05, 0) is 69.2 Å². The van der Waals surface area contributed by atoms with Crippen LogP contribution in [0.1, 0.15) is 32.8 Å². The smallest absolute Gasteiger partial charge is 0.239 e. The molecule has 0 unspecified atom stereocenters. The summed E-state index contributed by atoms with van der Waals surface area (Å²) in [5.74, 6) is 0.463. The Bertz CT molecular complexity index is 921. The molecule has 1 N–H and O–H groups in total. The average molecular weight is 461 g/mol. The highest BCUT2D eigenvalue weighted by Gasteiger charge is 2.37. The molecule has 2 aromatic carbocycles. The van der Waals surface area contributed by atoms with E-state index in [0.717, 1.165) is 11.3 Å². The molecule has 1 heterocycles. The Morgan fingerprint density at radius 1 is 1.03 bits per heavy atom. The lowest BCUT2D eigenvalue weighted by Crippen LogP contribution is -2.36. The van der Waals surface area contributed by atoms with Gasteiger partial charge in [0.25, 0.3) is 0 Å². The van der Waals surface area contributed by atoms with Crippen LogP contribution in [0.2, 0.25) is 5.02 Å². The van der Waals surface area contributed by atoms with Crippen LogP contribution in [0.5, 0.6) is 17.2 Å². The van der Waals surface area contributed by atoms with Crippen LogP contribution in [0.3, 0.4) is 0 Å². The molecule has 0 aliphatic carbocycles. The molecule has 0 spiro atoms. The molecule has 2 aromatic rings. The number of hydrogen-bond acceptors (Lipinski definition) is 5. The van der Waals surface area contributed by atoms with E-state index < -0.39 is 5.92 Å². The summed E-state index contributed by atoms with van der Waals surface area (Å²) in [7, 11) is 0. The Morgan fingerprint density at radius 2 is 1.62 bits per heavy atom. The summed E-state index contributed by atoms with van der Waals surface area (Å²) < 4.78 is 17.2. The topological polar surface area (TPSA) is 77.1 Å². The molecular weight excluding hydrogens is 432 g/mol. The van der Waals surface area contributed by atoms with Gasteiger partial charge in [0.15, 0.2) is 11.5 Å². The Kier molecular flexibility index (Phi) is 8.22. The lowest BCUT2D eigenvalue weighted by atomic mass is 10.1. The van der Waals surface area contributed by atoms with E-state index in [1.54, 1.807) is 29.2 Å². The number of nitrogens with zero attached hydrogens (tertiary/aromatic N) is 1. The van der Waals surface area contributed by atoms with Crippen LogP contribution in [0.15, 0.2) is 36.4 Å². The lowest BCUT2D eigenvalue weighted by Gasteiger charge is -2.18. The Labute approximate surface area is 193 Å². The lowest BCUT2D eigenvalue weighted by molar-refractivity contribution is -0.132. The molecule has 8 heteroatoms. The fourth-order valence-electron chi connectivity index (χ4n) is 3.66. The summed E-state index contributed by atoms with van der Waals surface area (Å²) in [4.78, 5) is 27.2. The molecule has 2 amide bonds. The van der Waals surface area contributed by atoms with E-state index in [9.17, 15) is 9.59 Å². The third-order valence-corrected chi connectivity index (χ3v) is 5.35. The van der Waals surface area contributed by atoms with E-state index in [0.29, 0.717) is 55.1 Å². The fraction of sp³-hybridized carbons (Fsp3) is 0.417. The molecule has 1 saturated heterocycles. The van der Waals surface area contributed by atoms with Gasteiger partial charge in [-0.1, -0.05) is 11.6 Å². The van der Waals surface area contributed by atoms with E-state index in [4.69, 9.17) is 25.8 Å². The van der Waals surface area contributed by atoms with E-state index >= 15 is 0 Å². The predicted octanol–water partition coefficient (Wildman–Crippen LogP) is 4.21. The van der Waals surface area contributed by atoms with Gasteiger partial charge in [0.1, 0.15) is 5.92 Å². The van der Waals surface area contributed by atoms with Crippen molar-refractivity contribution in [3.8, 4) is 17.2 Å². The molecule has 1 aliphatic heterocycles. The van der Waals surface area contributed by atoms with E-state index in [-0.39, 0.29) is 18.4 Å². The molecule has 0 radical (unpaired) electrons. The number of ether oxygens (including phenoxy) is 3. The third-order valence-electron chi connectivity index (χ3n) is 5.10. The van der Waals surface area contributed by atoms with Gasteiger partial charge < -0.3 is 24.4 Å². The van der Waals surface area contributed by atoms with E-state index in [2.05, 4.69) is 5.32 Å².